The smallest absolute Gasteiger partial charge is 0.407 e. The van der Waals surface area contributed by atoms with Crippen LogP contribution in [0.1, 0.15) is 105 Å². The molecule has 0 spiro atoms. The lowest BCUT2D eigenvalue weighted by Gasteiger charge is -2.30. The van der Waals surface area contributed by atoms with Crippen molar-refractivity contribution in [3.8, 4) is 39.5 Å². The molecule has 3 fully saturated rings. The van der Waals surface area contributed by atoms with Gasteiger partial charge in [-0.05, 0) is 85.9 Å². The zero-order chi connectivity index (χ0) is 48.4. The van der Waals surface area contributed by atoms with Crippen LogP contribution in [0.15, 0.2) is 60.9 Å². The maximum absolute atomic E-state index is 16.9. The molecule has 6 atom stereocenters. The number of imidazole rings is 2. The molecule has 1 aliphatic carbocycles. The molecule has 16 nitrogen and oxygen atoms in total. The van der Waals surface area contributed by atoms with Gasteiger partial charge in [-0.15, -0.1) is 11.3 Å². The fourth-order valence-electron chi connectivity index (χ4n) is 10.0. The molecule has 19 heteroatoms. The highest BCUT2D eigenvalue weighted by molar-refractivity contribution is 7.12. The number of nitrogens with one attached hydrogen (secondary N) is 4. The van der Waals surface area contributed by atoms with E-state index in [9.17, 15) is 19.2 Å². The summed E-state index contributed by atoms with van der Waals surface area (Å²) in [6, 6.07) is 12.7. The second-order valence-electron chi connectivity index (χ2n) is 19.1. The molecule has 4 amide bonds. The number of hydrogen-bond acceptors (Lipinski definition) is 10. The fraction of sp³-hybridized carbons (Fsp3) is 0.440. The first kappa shape index (κ1) is 46.0. The highest BCUT2D eigenvalue weighted by Gasteiger charge is 2.43. The number of alkyl carbamates (subject to hydrolysis) is 2. The molecule has 4 aromatic heterocycles. The van der Waals surface area contributed by atoms with Crippen LogP contribution in [0.4, 0.5) is 18.4 Å². The maximum Gasteiger partial charge on any atom is 0.407 e. The SMILES string of the molecule is COC(=O)N[C@H](C(=O)N1CCC[C@H]1c1ncc(-c2cc(F)c3c(c2)OC(c2ccc(C4CC4)s2)n2c-3cc3cc(-c4cnc([C@@H]5C[C@@H](F)CN5C(=O)[C@@H](NC(=O)OC)C(C)C)[nH]4)ccc32)[nH]1)C(C)C. The van der Waals surface area contributed by atoms with Crippen LogP contribution in [0.25, 0.3) is 44.7 Å². The highest BCUT2D eigenvalue weighted by atomic mass is 32.1. The number of ether oxygens (including phenoxy) is 3. The molecule has 4 N–H and O–H groups in total. The second-order valence-corrected chi connectivity index (χ2v) is 20.2. The molecule has 6 aromatic rings. The summed E-state index contributed by atoms with van der Waals surface area (Å²) in [5, 5.41) is 6.11. The van der Waals surface area contributed by atoms with Crippen LogP contribution in [0.5, 0.6) is 5.75 Å². The normalized spacial score (nSPS) is 20.7. The summed E-state index contributed by atoms with van der Waals surface area (Å²) >= 11 is 1.70. The lowest BCUT2D eigenvalue weighted by atomic mass is 10.0. The molecule has 7 heterocycles. The topological polar surface area (TPSA) is 189 Å². The first-order valence-corrected chi connectivity index (χ1v) is 24.3. The standard InChI is InChI=1S/C50H55F2N9O7S/c1-24(2)42(57-49(64)66-5)46(62)59-15-7-8-35(59)44-53-22-33(56-44)28-17-31(52)41-36-18-29-16-27(11-12-34(29)61(36)48(68-38(41)19-28)40-14-13-39(69-40)26-9-10-26)32-21-54-45(55-32)37-20-30(51)23-60(37)47(63)43(25(3)4)58-50(65)67-6/h11-14,16-19,21-22,24-26,30,35,37,42-43,48H,7-10,15,20,23H2,1-6H3,(H,53,56)(H,54,55)(H,57,64)(H,58,65)/t30-,35+,37+,42+,43+,48?/m1/s1. The number of H-pyrrole nitrogens is 2. The van der Waals surface area contributed by atoms with Crippen molar-refractivity contribution < 1.29 is 42.2 Å². The monoisotopic (exact) mass is 963 g/mol. The zero-order valence-electron chi connectivity index (χ0n) is 39.2. The quantitative estimate of drug-likeness (QED) is 0.0927. The Hall–Kier alpha value is -6.76. The Balaban J connectivity index is 0.968. The van der Waals surface area contributed by atoms with Crippen molar-refractivity contribution in [2.45, 2.75) is 102 Å². The molecule has 362 valence electrons. The van der Waals surface area contributed by atoms with Crippen LogP contribution in [-0.4, -0.2) is 104 Å². The van der Waals surface area contributed by atoms with Crippen LogP contribution in [0, 0.1) is 17.7 Å². The number of alkyl halides is 1. The lowest BCUT2D eigenvalue weighted by molar-refractivity contribution is -0.136. The van der Waals surface area contributed by atoms with E-state index in [0.717, 1.165) is 40.6 Å². The minimum atomic E-state index is -1.28. The molecule has 0 radical (unpaired) electrons. The van der Waals surface area contributed by atoms with Gasteiger partial charge in [0, 0.05) is 34.4 Å². The molecule has 2 saturated heterocycles. The Morgan fingerprint density at radius 3 is 2.09 bits per heavy atom. The number of rotatable bonds is 12. The van der Waals surface area contributed by atoms with Crippen LogP contribution in [0.2, 0.25) is 0 Å². The molecule has 0 bridgehead atoms. The van der Waals surface area contributed by atoms with Crippen molar-refractivity contribution in [3.05, 3.63) is 88.1 Å². The van der Waals surface area contributed by atoms with Gasteiger partial charge in [-0.2, -0.15) is 0 Å². The number of likely N-dealkylation sites (tertiary alicyclic amines) is 2. The summed E-state index contributed by atoms with van der Waals surface area (Å²) in [5.74, 6) is 0.294. The highest BCUT2D eigenvalue weighted by Crippen LogP contribution is 2.50. The predicted octanol–water partition coefficient (Wildman–Crippen LogP) is 9.14. The van der Waals surface area contributed by atoms with Crippen LogP contribution in [0.3, 0.4) is 0 Å². The number of carbonyl (C=O) groups is 4. The Kier molecular flexibility index (Phi) is 12.2. The number of aromatic amines is 2. The van der Waals surface area contributed by atoms with Gasteiger partial charge in [-0.1, -0.05) is 33.8 Å². The number of nitrogens with zero attached hydrogens (tertiary/aromatic N) is 5. The van der Waals surface area contributed by atoms with Gasteiger partial charge in [-0.3, -0.25) is 14.2 Å². The Morgan fingerprint density at radius 1 is 0.797 bits per heavy atom. The van der Waals surface area contributed by atoms with Crippen molar-refractivity contribution in [3.63, 3.8) is 0 Å². The minimum Gasteiger partial charge on any atom is -0.464 e. The Bertz CT molecular complexity index is 2960. The summed E-state index contributed by atoms with van der Waals surface area (Å²) in [7, 11) is 2.49. The third-order valence-electron chi connectivity index (χ3n) is 13.8. The van der Waals surface area contributed by atoms with Gasteiger partial charge in [0.15, 0.2) is 0 Å². The van der Waals surface area contributed by atoms with E-state index < -0.39 is 54.4 Å². The van der Waals surface area contributed by atoms with Gasteiger partial charge in [-0.25, -0.2) is 28.3 Å². The number of fused-ring (bicyclic) bond motifs is 5. The number of amides is 4. The first-order chi connectivity index (χ1) is 33.2. The van der Waals surface area contributed by atoms with Gasteiger partial charge < -0.3 is 44.6 Å². The molecule has 1 unspecified atom stereocenters. The molecule has 3 aliphatic heterocycles. The maximum atomic E-state index is 16.9. The number of hydrogen-bond donors (Lipinski definition) is 4. The fourth-order valence-corrected chi connectivity index (χ4v) is 11.2. The Labute approximate surface area is 401 Å². The van der Waals surface area contributed by atoms with E-state index in [1.165, 1.54) is 30.1 Å². The third-order valence-corrected chi connectivity index (χ3v) is 15.1. The second kappa shape index (κ2) is 18.3. The number of thiophene rings is 1. The first-order valence-electron chi connectivity index (χ1n) is 23.5. The van der Waals surface area contributed by atoms with Crippen LogP contribution >= 0.6 is 11.3 Å². The number of aromatic nitrogens is 5. The number of halogens is 2. The van der Waals surface area contributed by atoms with Crippen molar-refractivity contribution >= 4 is 46.2 Å². The van der Waals surface area contributed by atoms with Crippen LogP contribution < -0.4 is 15.4 Å². The predicted molar refractivity (Wildman–Crippen MR) is 254 cm³/mol. The van der Waals surface area contributed by atoms with Gasteiger partial charge in [0.2, 0.25) is 18.0 Å². The average molecular weight is 964 g/mol. The van der Waals surface area contributed by atoms with Crippen molar-refractivity contribution in [1.82, 2.24) is 44.9 Å². The number of carbonyl (C=O) groups excluding carboxylic acids is 4. The van der Waals surface area contributed by atoms with E-state index in [2.05, 4.69) is 37.7 Å². The minimum absolute atomic E-state index is 0.0460. The van der Waals surface area contributed by atoms with Crippen molar-refractivity contribution in [2.75, 3.05) is 27.3 Å². The summed E-state index contributed by atoms with van der Waals surface area (Å²) in [6.07, 6.45) is 3.76. The van der Waals surface area contributed by atoms with E-state index in [-0.39, 0.29) is 36.8 Å². The average Bonchev–Trinajstić information content (AvgIpc) is 4.03. The third kappa shape index (κ3) is 8.58. The zero-order valence-corrected chi connectivity index (χ0v) is 40.0. The summed E-state index contributed by atoms with van der Waals surface area (Å²) < 4.78 is 50.5. The van der Waals surface area contributed by atoms with E-state index >= 15 is 8.78 Å². The molecule has 4 aliphatic rings. The number of benzene rings is 2. The van der Waals surface area contributed by atoms with Crippen molar-refractivity contribution in [1.29, 1.82) is 0 Å². The summed E-state index contributed by atoms with van der Waals surface area (Å²) in [4.78, 5) is 73.3. The van der Waals surface area contributed by atoms with E-state index in [1.807, 2.05) is 48.7 Å². The van der Waals surface area contributed by atoms with Gasteiger partial charge in [0.05, 0.1) is 78.3 Å². The molecule has 69 heavy (non-hydrogen) atoms. The van der Waals surface area contributed by atoms with Crippen LogP contribution in [-0.2, 0) is 19.1 Å². The van der Waals surface area contributed by atoms with E-state index in [4.69, 9.17) is 19.2 Å². The molecule has 2 aromatic carbocycles. The van der Waals surface area contributed by atoms with Gasteiger partial charge >= 0.3 is 12.2 Å². The van der Waals surface area contributed by atoms with Crippen molar-refractivity contribution in [2.24, 2.45) is 11.8 Å². The van der Waals surface area contributed by atoms with E-state index in [1.54, 1.807) is 42.5 Å². The lowest BCUT2D eigenvalue weighted by Crippen LogP contribution is -2.51. The molecular weight excluding hydrogens is 909 g/mol. The summed E-state index contributed by atoms with van der Waals surface area (Å²) in [5.41, 5.74) is 4.30. The van der Waals surface area contributed by atoms with E-state index in [0.29, 0.717) is 64.5 Å². The largest absolute Gasteiger partial charge is 0.464 e. The van der Waals surface area contributed by atoms with Gasteiger partial charge in [0.25, 0.3) is 0 Å². The van der Waals surface area contributed by atoms with Gasteiger partial charge in [0.1, 0.15) is 41.5 Å². The number of methoxy groups -OCH3 is 2. The molecular formula is C50H55F2N9O7S. The molecule has 10 rings (SSSR count). The molecule has 1 saturated carbocycles. The Morgan fingerprint density at radius 2 is 1.43 bits per heavy atom. The summed E-state index contributed by atoms with van der Waals surface area (Å²) in [6.45, 7) is 7.69.